The van der Waals surface area contributed by atoms with E-state index in [0.29, 0.717) is 13.0 Å². The monoisotopic (exact) mass is 312 g/mol. The molecule has 0 radical (unpaired) electrons. The molecule has 6 heteroatoms. The van der Waals surface area contributed by atoms with Gasteiger partial charge in [0.25, 0.3) is 0 Å². The average Bonchev–Trinajstić information content (AvgIpc) is 2.51. The van der Waals surface area contributed by atoms with Crippen molar-refractivity contribution < 1.29 is 14.7 Å². The van der Waals surface area contributed by atoms with Crippen LogP contribution in [0.15, 0.2) is 28.7 Å². The standard InChI is InChI=1S/C12H13BrN2O3/c13-8-2-1-3-9(6-8)15-5-4-11(16)14-10(7-15)12(17)18/h1-3,6,10H,4-5,7H2,(H,14,16)(H,17,18). The second kappa shape index (κ2) is 5.39. The minimum Gasteiger partial charge on any atom is -0.480 e. The first kappa shape index (κ1) is 12.9. The van der Waals surface area contributed by atoms with Gasteiger partial charge in [-0.25, -0.2) is 4.79 Å². The van der Waals surface area contributed by atoms with Crippen molar-refractivity contribution in [2.75, 3.05) is 18.0 Å². The Hall–Kier alpha value is -1.56. The number of amides is 1. The van der Waals surface area contributed by atoms with Gasteiger partial charge in [-0.05, 0) is 18.2 Å². The zero-order chi connectivity index (χ0) is 13.1. The predicted octanol–water partition coefficient (Wildman–Crippen LogP) is 1.23. The topological polar surface area (TPSA) is 69.6 Å². The Morgan fingerprint density at radius 3 is 2.94 bits per heavy atom. The van der Waals surface area contributed by atoms with Crippen LogP contribution in [-0.4, -0.2) is 36.1 Å². The molecule has 1 aliphatic heterocycles. The van der Waals surface area contributed by atoms with Gasteiger partial charge in [0.15, 0.2) is 0 Å². The number of halogens is 1. The first-order chi connectivity index (χ1) is 8.56. The molecule has 1 aromatic carbocycles. The van der Waals surface area contributed by atoms with Crippen LogP contribution in [0.25, 0.3) is 0 Å². The first-order valence-electron chi connectivity index (χ1n) is 5.59. The molecule has 96 valence electrons. The third-order valence-electron chi connectivity index (χ3n) is 2.82. The summed E-state index contributed by atoms with van der Waals surface area (Å²) in [7, 11) is 0. The van der Waals surface area contributed by atoms with Crippen molar-refractivity contribution in [3.63, 3.8) is 0 Å². The molecule has 1 aliphatic rings. The number of aliphatic carboxylic acids is 1. The number of rotatable bonds is 2. The van der Waals surface area contributed by atoms with Crippen LogP contribution in [-0.2, 0) is 9.59 Å². The fourth-order valence-electron chi connectivity index (χ4n) is 1.91. The van der Waals surface area contributed by atoms with E-state index in [1.165, 1.54) is 0 Å². The molecule has 0 saturated carbocycles. The molecule has 0 spiro atoms. The largest absolute Gasteiger partial charge is 0.480 e. The van der Waals surface area contributed by atoms with Crippen molar-refractivity contribution >= 4 is 33.5 Å². The van der Waals surface area contributed by atoms with Crippen LogP contribution in [0.2, 0.25) is 0 Å². The molecule has 2 N–H and O–H groups in total. The van der Waals surface area contributed by atoms with Crippen molar-refractivity contribution in [3.05, 3.63) is 28.7 Å². The average molecular weight is 313 g/mol. The maximum Gasteiger partial charge on any atom is 0.328 e. The fraction of sp³-hybridized carbons (Fsp3) is 0.333. The molecule has 0 aromatic heterocycles. The molecule has 1 atom stereocenters. The second-order valence-corrected chi connectivity index (χ2v) is 5.05. The highest BCUT2D eigenvalue weighted by molar-refractivity contribution is 9.10. The van der Waals surface area contributed by atoms with Crippen LogP contribution >= 0.6 is 15.9 Å². The molecule has 1 fully saturated rings. The highest BCUT2D eigenvalue weighted by Crippen LogP contribution is 2.21. The van der Waals surface area contributed by atoms with E-state index in [0.717, 1.165) is 10.2 Å². The lowest BCUT2D eigenvalue weighted by Gasteiger charge is -2.24. The minimum atomic E-state index is -1.01. The molecular formula is C12H13BrN2O3. The maximum absolute atomic E-state index is 11.4. The molecule has 18 heavy (non-hydrogen) atoms. The van der Waals surface area contributed by atoms with E-state index >= 15 is 0 Å². The maximum atomic E-state index is 11.4. The number of carboxylic acids is 1. The zero-order valence-corrected chi connectivity index (χ0v) is 11.2. The number of carboxylic acid groups (broad SMARTS) is 1. The summed E-state index contributed by atoms with van der Waals surface area (Å²) in [5, 5.41) is 11.6. The van der Waals surface area contributed by atoms with E-state index in [1.54, 1.807) is 0 Å². The number of nitrogens with one attached hydrogen (secondary N) is 1. The van der Waals surface area contributed by atoms with Crippen LogP contribution < -0.4 is 10.2 Å². The summed E-state index contributed by atoms with van der Waals surface area (Å²) >= 11 is 3.38. The molecule has 5 nitrogen and oxygen atoms in total. The Kier molecular flexibility index (Phi) is 3.86. The number of carbonyl (C=O) groups is 2. The summed E-state index contributed by atoms with van der Waals surface area (Å²) in [4.78, 5) is 24.4. The fourth-order valence-corrected chi connectivity index (χ4v) is 2.29. The van der Waals surface area contributed by atoms with Crippen LogP contribution in [0.4, 0.5) is 5.69 Å². The van der Waals surface area contributed by atoms with Crippen molar-refractivity contribution in [3.8, 4) is 0 Å². The Balaban J connectivity index is 2.22. The van der Waals surface area contributed by atoms with Crippen LogP contribution in [0, 0.1) is 0 Å². The molecule has 1 aromatic rings. The zero-order valence-electron chi connectivity index (χ0n) is 9.60. The van der Waals surface area contributed by atoms with Gasteiger partial charge in [-0.1, -0.05) is 22.0 Å². The summed E-state index contributed by atoms with van der Waals surface area (Å²) in [6, 6.07) is 6.74. The molecule has 0 aliphatic carbocycles. The lowest BCUT2D eigenvalue weighted by molar-refractivity contribution is -0.141. The predicted molar refractivity (Wildman–Crippen MR) is 70.5 cm³/mol. The quantitative estimate of drug-likeness (QED) is 0.861. The highest BCUT2D eigenvalue weighted by atomic mass is 79.9. The van der Waals surface area contributed by atoms with Gasteiger partial charge in [-0.2, -0.15) is 0 Å². The van der Waals surface area contributed by atoms with E-state index in [4.69, 9.17) is 5.11 Å². The van der Waals surface area contributed by atoms with Crippen LogP contribution in [0.5, 0.6) is 0 Å². The number of benzene rings is 1. The van der Waals surface area contributed by atoms with Gasteiger partial charge in [0.05, 0.1) is 0 Å². The van der Waals surface area contributed by atoms with E-state index in [-0.39, 0.29) is 12.5 Å². The van der Waals surface area contributed by atoms with Gasteiger partial charge >= 0.3 is 5.97 Å². The lowest BCUT2D eigenvalue weighted by Crippen LogP contribution is -2.45. The summed E-state index contributed by atoms with van der Waals surface area (Å²) in [6.45, 7) is 0.795. The number of anilines is 1. The Bertz CT molecular complexity index is 478. The Morgan fingerprint density at radius 2 is 2.28 bits per heavy atom. The molecule has 1 unspecified atom stereocenters. The van der Waals surface area contributed by atoms with E-state index in [2.05, 4.69) is 21.2 Å². The van der Waals surface area contributed by atoms with E-state index in [1.807, 2.05) is 29.2 Å². The normalized spacial score (nSPS) is 20.2. The molecular weight excluding hydrogens is 300 g/mol. The lowest BCUT2D eigenvalue weighted by atomic mass is 10.2. The molecule has 1 heterocycles. The molecule has 0 bridgehead atoms. The van der Waals surface area contributed by atoms with Crippen molar-refractivity contribution in [2.24, 2.45) is 0 Å². The van der Waals surface area contributed by atoms with Gasteiger partial charge in [0, 0.05) is 29.7 Å². The SMILES string of the molecule is O=C1CCN(c2cccc(Br)c2)CC(C(=O)O)N1. The van der Waals surface area contributed by atoms with E-state index < -0.39 is 12.0 Å². The minimum absolute atomic E-state index is 0.222. The smallest absolute Gasteiger partial charge is 0.328 e. The number of hydrogen-bond acceptors (Lipinski definition) is 3. The number of carbonyl (C=O) groups excluding carboxylic acids is 1. The molecule has 2 rings (SSSR count). The summed E-state index contributed by atoms with van der Waals surface area (Å²) in [6.07, 6.45) is 0.302. The first-order valence-corrected chi connectivity index (χ1v) is 6.38. The number of nitrogens with zero attached hydrogens (tertiary/aromatic N) is 1. The second-order valence-electron chi connectivity index (χ2n) is 4.13. The molecule has 1 amide bonds. The van der Waals surface area contributed by atoms with Crippen LogP contribution in [0.1, 0.15) is 6.42 Å². The van der Waals surface area contributed by atoms with Gasteiger partial charge in [-0.3, -0.25) is 4.79 Å². The van der Waals surface area contributed by atoms with Crippen molar-refractivity contribution in [2.45, 2.75) is 12.5 Å². The van der Waals surface area contributed by atoms with E-state index in [9.17, 15) is 9.59 Å². The van der Waals surface area contributed by atoms with Crippen molar-refractivity contribution in [1.29, 1.82) is 0 Å². The number of hydrogen-bond donors (Lipinski definition) is 2. The molecule has 1 saturated heterocycles. The third-order valence-corrected chi connectivity index (χ3v) is 3.31. The van der Waals surface area contributed by atoms with Gasteiger partial charge in [0.2, 0.25) is 5.91 Å². The van der Waals surface area contributed by atoms with Gasteiger partial charge in [0.1, 0.15) is 6.04 Å². The summed E-state index contributed by atoms with van der Waals surface area (Å²) < 4.78 is 0.926. The van der Waals surface area contributed by atoms with Crippen molar-refractivity contribution in [1.82, 2.24) is 5.32 Å². The third kappa shape index (κ3) is 3.01. The van der Waals surface area contributed by atoms with Crippen LogP contribution in [0.3, 0.4) is 0 Å². The van der Waals surface area contributed by atoms with Gasteiger partial charge < -0.3 is 15.3 Å². The highest BCUT2D eigenvalue weighted by Gasteiger charge is 2.26. The summed E-state index contributed by atoms with van der Waals surface area (Å²) in [5.41, 5.74) is 0.909. The Morgan fingerprint density at radius 1 is 1.50 bits per heavy atom. The summed E-state index contributed by atoms with van der Waals surface area (Å²) in [5.74, 6) is -1.23. The Labute approximate surface area is 113 Å². The van der Waals surface area contributed by atoms with Gasteiger partial charge in [-0.15, -0.1) is 0 Å².